The number of hydrogen-bond donors (Lipinski definition) is 2. The average molecular weight is 257 g/mol. The minimum Gasteiger partial charge on any atom is -0.324 e. The van der Waals surface area contributed by atoms with Crippen LogP contribution < -0.4 is 5.32 Å². The maximum Gasteiger partial charge on any atom is 0.229 e. The summed E-state index contributed by atoms with van der Waals surface area (Å²) in [7, 11) is 0. The van der Waals surface area contributed by atoms with Crippen molar-refractivity contribution in [2.45, 2.75) is 4.90 Å². The van der Waals surface area contributed by atoms with E-state index in [2.05, 4.69) is 43.9 Å². The molecule has 3 aromatic rings. The van der Waals surface area contributed by atoms with Crippen molar-refractivity contribution in [2.24, 2.45) is 0 Å². The molecule has 0 saturated carbocycles. The summed E-state index contributed by atoms with van der Waals surface area (Å²) in [5.41, 5.74) is 1.69. The predicted molar refractivity (Wildman–Crippen MR) is 73.2 cm³/mol. The van der Waals surface area contributed by atoms with E-state index in [0.29, 0.717) is 5.95 Å². The van der Waals surface area contributed by atoms with Crippen molar-refractivity contribution < 1.29 is 0 Å². The van der Waals surface area contributed by atoms with Gasteiger partial charge in [-0.3, -0.25) is 5.10 Å². The highest BCUT2D eigenvalue weighted by atomic mass is 32.2. The van der Waals surface area contributed by atoms with Gasteiger partial charge in [-0.15, -0.1) is 11.8 Å². The molecule has 0 unspecified atom stereocenters. The fourth-order valence-corrected chi connectivity index (χ4v) is 2.01. The maximum atomic E-state index is 4.33. The van der Waals surface area contributed by atoms with E-state index in [1.165, 1.54) is 4.90 Å². The third-order valence-corrected chi connectivity index (χ3v) is 3.28. The minimum atomic E-state index is 0.559. The summed E-state index contributed by atoms with van der Waals surface area (Å²) in [6, 6.07) is 8.13. The van der Waals surface area contributed by atoms with Crippen molar-refractivity contribution in [3.8, 4) is 0 Å². The molecule has 2 heterocycles. The highest BCUT2D eigenvalue weighted by Crippen LogP contribution is 2.19. The van der Waals surface area contributed by atoms with E-state index >= 15 is 0 Å². The molecule has 0 fully saturated rings. The number of nitrogens with one attached hydrogen (secondary N) is 2. The molecule has 1 aromatic carbocycles. The molecule has 0 aliphatic heterocycles. The third-order valence-electron chi connectivity index (χ3n) is 2.54. The predicted octanol–water partition coefficient (Wildman–Crippen LogP) is 2.82. The number of benzene rings is 1. The van der Waals surface area contributed by atoms with Crippen LogP contribution in [0.5, 0.6) is 0 Å². The van der Waals surface area contributed by atoms with Crippen molar-refractivity contribution >= 4 is 34.4 Å². The second-order valence-electron chi connectivity index (χ2n) is 3.72. The van der Waals surface area contributed by atoms with E-state index < -0.39 is 0 Å². The summed E-state index contributed by atoms with van der Waals surface area (Å²) in [6.45, 7) is 0. The van der Waals surface area contributed by atoms with Crippen LogP contribution in [0.1, 0.15) is 0 Å². The third kappa shape index (κ3) is 2.14. The Hall–Kier alpha value is -2.08. The van der Waals surface area contributed by atoms with Crippen molar-refractivity contribution in [1.29, 1.82) is 0 Å². The van der Waals surface area contributed by atoms with Gasteiger partial charge < -0.3 is 5.32 Å². The Balaban J connectivity index is 1.85. The zero-order valence-corrected chi connectivity index (χ0v) is 10.5. The van der Waals surface area contributed by atoms with Crippen LogP contribution in [-0.4, -0.2) is 26.4 Å². The van der Waals surface area contributed by atoms with Gasteiger partial charge in [0, 0.05) is 16.8 Å². The monoisotopic (exact) mass is 257 g/mol. The van der Waals surface area contributed by atoms with Gasteiger partial charge in [-0.1, -0.05) is 0 Å². The average Bonchev–Trinajstić information content (AvgIpc) is 2.87. The first-order valence-electron chi connectivity index (χ1n) is 5.42. The fraction of sp³-hybridized carbons (Fsp3) is 0.0833. The van der Waals surface area contributed by atoms with Crippen LogP contribution in [0.15, 0.2) is 41.6 Å². The molecule has 0 aliphatic rings. The lowest BCUT2D eigenvalue weighted by atomic mass is 10.3. The molecule has 0 radical (unpaired) electrons. The highest BCUT2D eigenvalue weighted by Gasteiger charge is 2.01. The molecule has 2 N–H and O–H groups in total. The van der Waals surface area contributed by atoms with E-state index in [1.807, 2.05) is 12.1 Å². The van der Waals surface area contributed by atoms with E-state index in [-0.39, 0.29) is 0 Å². The molecular weight excluding hydrogens is 246 g/mol. The van der Waals surface area contributed by atoms with Gasteiger partial charge in [0.25, 0.3) is 0 Å². The number of hydrogen-bond acceptors (Lipinski definition) is 5. The molecule has 3 rings (SSSR count). The Morgan fingerprint density at radius 2 is 2.00 bits per heavy atom. The largest absolute Gasteiger partial charge is 0.324 e. The molecule has 6 heteroatoms. The van der Waals surface area contributed by atoms with E-state index in [0.717, 1.165) is 16.7 Å². The lowest BCUT2D eigenvalue weighted by Crippen LogP contribution is -1.96. The molecule has 0 spiro atoms. The SMILES string of the molecule is CSc1ccc(Nc2ncc3cn[nH]c3n2)cc1. The van der Waals surface area contributed by atoms with E-state index in [1.54, 1.807) is 24.2 Å². The summed E-state index contributed by atoms with van der Waals surface area (Å²) in [6.07, 6.45) is 5.49. The van der Waals surface area contributed by atoms with Gasteiger partial charge in [0.1, 0.15) is 0 Å². The molecule has 0 amide bonds. The molecular formula is C12H11N5S. The Bertz CT molecular complexity index is 662. The Morgan fingerprint density at radius 1 is 1.17 bits per heavy atom. The number of fused-ring (bicyclic) bond motifs is 1. The zero-order chi connectivity index (χ0) is 12.4. The molecule has 0 atom stereocenters. The van der Waals surface area contributed by atoms with Gasteiger partial charge in [0.15, 0.2) is 5.65 Å². The molecule has 0 aliphatic carbocycles. The summed E-state index contributed by atoms with van der Waals surface area (Å²) >= 11 is 1.71. The van der Waals surface area contributed by atoms with Gasteiger partial charge in [-0.05, 0) is 30.5 Å². The van der Waals surface area contributed by atoms with Crippen molar-refractivity contribution in [2.75, 3.05) is 11.6 Å². The number of rotatable bonds is 3. The quantitative estimate of drug-likeness (QED) is 0.706. The smallest absolute Gasteiger partial charge is 0.229 e. The molecule has 5 nitrogen and oxygen atoms in total. The lowest BCUT2D eigenvalue weighted by molar-refractivity contribution is 1.09. The van der Waals surface area contributed by atoms with Crippen molar-refractivity contribution in [1.82, 2.24) is 20.2 Å². The molecule has 18 heavy (non-hydrogen) atoms. The van der Waals surface area contributed by atoms with E-state index in [9.17, 15) is 0 Å². The Kier molecular flexibility index (Phi) is 2.85. The number of nitrogens with zero attached hydrogens (tertiary/aromatic N) is 3. The Morgan fingerprint density at radius 3 is 2.78 bits per heavy atom. The minimum absolute atomic E-state index is 0.559. The highest BCUT2D eigenvalue weighted by molar-refractivity contribution is 7.98. The van der Waals surface area contributed by atoms with Gasteiger partial charge in [0.2, 0.25) is 5.95 Å². The second-order valence-corrected chi connectivity index (χ2v) is 4.60. The van der Waals surface area contributed by atoms with Crippen LogP contribution in [0.4, 0.5) is 11.6 Å². The molecule has 90 valence electrons. The topological polar surface area (TPSA) is 66.5 Å². The number of aromatic amines is 1. The number of aromatic nitrogens is 4. The first-order chi connectivity index (χ1) is 8.85. The number of anilines is 2. The number of H-pyrrole nitrogens is 1. The first kappa shape index (κ1) is 11.0. The first-order valence-corrected chi connectivity index (χ1v) is 6.65. The normalized spacial score (nSPS) is 10.7. The second kappa shape index (κ2) is 4.66. The van der Waals surface area contributed by atoms with Crippen LogP contribution in [0.3, 0.4) is 0 Å². The zero-order valence-electron chi connectivity index (χ0n) is 9.71. The Labute approximate surface area is 108 Å². The van der Waals surface area contributed by atoms with Crippen molar-refractivity contribution in [3.63, 3.8) is 0 Å². The summed E-state index contributed by atoms with van der Waals surface area (Å²) < 4.78 is 0. The molecule has 0 saturated heterocycles. The van der Waals surface area contributed by atoms with Gasteiger partial charge in [-0.2, -0.15) is 10.1 Å². The van der Waals surface area contributed by atoms with E-state index in [4.69, 9.17) is 0 Å². The lowest BCUT2D eigenvalue weighted by Gasteiger charge is -2.04. The summed E-state index contributed by atoms with van der Waals surface area (Å²) in [4.78, 5) is 9.78. The molecule has 0 bridgehead atoms. The van der Waals surface area contributed by atoms with Crippen LogP contribution in [0, 0.1) is 0 Å². The summed E-state index contributed by atoms with van der Waals surface area (Å²) in [5.74, 6) is 0.559. The van der Waals surface area contributed by atoms with Crippen LogP contribution >= 0.6 is 11.8 Å². The van der Waals surface area contributed by atoms with Crippen LogP contribution in [-0.2, 0) is 0 Å². The standard InChI is InChI=1S/C12H11N5S/c1-18-10-4-2-9(3-5-10)15-12-13-6-8-7-14-17-11(8)16-12/h2-7H,1H3,(H2,13,14,15,16,17). The summed E-state index contributed by atoms with van der Waals surface area (Å²) in [5, 5.41) is 10.8. The van der Waals surface area contributed by atoms with Crippen molar-refractivity contribution in [3.05, 3.63) is 36.7 Å². The fourth-order valence-electron chi connectivity index (χ4n) is 1.60. The van der Waals surface area contributed by atoms with Gasteiger partial charge in [-0.25, -0.2) is 4.98 Å². The number of thioether (sulfide) groups is 1. The van der Waals surface area contributed by atoms with Crippen LogP contribution in [0.25, 0.3) is 11.0 Å². The van der Waals surface area contributed by atoms with Crippen LogP contribution in [0.2, 0.25) is 0 Å². The maximum absolute atomic E-state index is 4.33. The van der Waals surface area contributed by atoms with Gasteiger partial charge in [0.05, 0.1) is 11.6 Å². The molecule has 2 aromatic heterocycles. The van der Waals surface area contributed by atoms with Gasteiger partial charge >= 0.3 is 0 Å².